The minimum atomic E-state index is -1.47. The van der Waals surface area contributed by atoms with E-state index in [1.165, 1.54) is 12.0 Å². The van der Waals surface area contributed by atoms with Crippen LogP contribution < -0.4 is 10.6 Å². The molecule has 0 radical (unpaired) electrons. The quantitative estimate of drug-likeness (QED) is 0.558. The number of nitrogens with one attached hydrogen (secondary N) is 2. The van der Waals surface area contributed by atoms with Crippen LogP contribution in [0, 0.1) is 5.92 Å². The summed E-state index contributed by atoms with van der Waals surface area (Å²) in [6.45, 7) is 3.62. The van der Waals surface area contributed by atoms with E-state index in [9.17, 15) is 19.5 Å². The Balaban J connectivity index is 1.56. The van der Waals surface area contributed by atoms with Gasteiger partial charge < -0.3 is 30.1 Å². The second kappa shape index (κ2) is 9.34. The number of ether oxygens (including phenoxy) is 2. The van der Waals surface area contributed by atoms with E-state index in [4.69, 9.17) is 9.47 Å². The number of benzene rings is 2. The molecule has 0 spiro atoms. The van der Waals surface area contributed by atoms with Gasteiger partial charge >= 0.3 is 12.1 Å². The highest BCUT2D eigenvalue weighted by molar-refractivity contribution is 5.92. The molecule has 0 bridgehead atoms. The molecule has 180 valence electrons. The number of amides is 2. The van der Waals surface area contributed by atoms with Gasteiger partial charge in [-0.2, -0.15) is 0 Å². The maximum Gasteiger partial charge on any atom is 0.408 e. The minimum absolute atomic E-state index is 0.0244. The SMILES string of the molecule is COC(=O)[C@@H]1C[C@@]2(O)c3ccccc3N[C@H]2N1C(=O)[C@@H](NC(=O)OCc1ccccc1)C(C)C. The number of aliphatic hydroxyl groups is 1. The van der Waals surface area contributed by atoms with Crippen LogP contribution in [0.1, 0.15) is 31.4 Å². The second-order valence-corrected chi connectivity index (χ2v) is 8.93. The molecule has 9 heteroatoms. The van der Waals surface area contributed by atoms with Crippen molar-refractivity contribution in [2.75, 3.05) is 12.4 Å². The van der Waals surface area contributed by atoms with Gasteiger partial charge in [0, 0.05) is 17.7 Å². The Kier molecular flexibility index (Phi) is 6.47. The molecule has 9 nitrogen and oxygen atoms in total. The maximum atomic E-state index is 13.8. The first-order valence-corrected chi connectivity index (χ1v) is 11.2. The number of hydrogen-bond acceptors (Lipinski definition) is 7. The van der Waals surface area contributed by atoms with Crippen LogP contribution in [-0.2, 0) is 31.3 Å². The lowest BCUT2D eigenvalue weighted by Crippen LogP contribution is -2.58. The van der Waals surface area contributed by atoms with Crippen LogP contribution in [0.3, 0.4) is 0 Å². The highest BCUT2D eigenvalue weighted by Gasteiger charge is 2.61. The Morgan fingerprint density at radius 3 is 2.50 bits per heavy atom. The molecule has 4 rings (SSSR count). The molecule has 2 heterocycles. The van der Waals surface area contributed by atoms with Crippen LogP contribution in [-0.4, -0.2) is 53.3 Å². The minimum Gasteiger partial charge on any atom is -0.467 e. The van der Waals surface area contributed by atoms with Gasteiger partial charge in [-0.1, -0.05) is 62.4 Å². The number of fused-ring (bicyclic) bond motifs is 3. The van der Waals surface area contributed by atoms with Crippen LogP contribution >= 0.6 is 0 Å². The predicted octanol–water partition coefficient (Wildman–Crippen LogP) is 2.35. The summed E-state index contributed by atoms with van der Waals surface area (Å²) >= 11 is 0. The van der Waals surface area contributed by atoms with Gasteiger partial charge in [0.05, 0.1) is 7.11 Å². The van der Waals surface area contributed by atoms with Crippen LogP contribution in [0.2, 0.25) is 0 Å². The number of rotatable bonds is 6. The van der Waals surface area contributed by atoms with Crippen LogP contribution in [0.5, 0.6) is 0 Å². The summed E-state index contributed by atoms with van der Waals surface area (Å²) in [6.07, 6.45) is -1.66. The lowest BCUT2D eigenvalue weighted by molar-refractivity contribution is -0.153. The number of nitrogens with zero attached hydrogens (tertiary/aromatic N) is 1. The van der Waals surface area contributed by atoms with E-state index >= 15 is 0 Å². The smallest absolute Gasteiger partial charge is 0.408 e. The molecule has 0 aliphatic carbocycles. The predicted molar refractivity (Wildman–Crippen MR) is 123 cm³/mol. The first kappa shape index (κ1) is 23.6. The van der Waals surface area contributed by atoms with Gasteiger partial charge in [-0.05, 0) is 17.5 Å². The third-order valence-electron chi connectivity index (χ3n) is 6.40. The van der Waals surface area contributed by atoms with Gasteiger partial charge in [0.2, 0.25) is 5.91 Å². The third kappa shape index (κ3) is 4.19. The fraction of sp³-hybridized carbons (Fsp3) is 0.400. The van der Waals surface area contributed by atoms with E-state index < -0.39 is 41.8 Å². The molecule has 2 aromatic rings. The first-order valence-electron chi connectivity index (χ1n) is 11.2. The van der Waals surface area contributed by atoms with E-state index in [0.717, 1.165) is 5.56 Å². The van der Waals surface area contributed by atoms with Gasteiger partial charge in [0.1, 0.15) is 30.5 Å². The van der Waals surface area contributed by atoms with Crippen molar-refractivity contribution in [3.05, 3.63) is 65.7 Å². The Bertz CT molecular complexity index is 1080. The number of alkyl carbamates (subject to hydrolysis) is 1. The van der Waals surface area contributed by atoms with Crippen molar-refractivity contribution in [2.45, 2.75) is 50.7 Å². The van der Waals surface area contributed by atoms with Crippen molar-refractivity contribution in [1.29, 1.82) is 0 Å². The summed E-state index contributed by atoms with van der Waals surface area (Å²) in [5.41, 5.74) is 0.641. The standard InChI is InChI=1S/C25H29N3O6/c1-15(2)20(27-24(31)34-14-16-9-5-4-6-10-16)21(29)28-19(22(30)33-3)13-25(32)17-11-7-8-12-18(17)26-23(25)28/h4-12,15,19-20,23,26,32H,13-14H2,1-3H3,(H,27,31)/t19-,20-,23-,25+/m0/s1. The molecule has 3 N–H and O–H groups in total. The molecular formula is C25H29N3O6. The van der Waals surface area contributed by atoms with E-state index in [0.29, 0.717) is 11.3 Å². The number of para-hydroxylation sites is 1. The Morgan fingerprint density at radius 2 is 1.82 bits per heavy atom. The fourth-order valence-corrected chi connectivity index (χ4v) is 4.67. The van der Waals surface area contributed by atoms with E-state index in [-0.39, 0.29) is 18.9 Å². The zero-order valence-corrected chi connectivity index (χ0v) is 19.4. The zero-order chi connectivity index (χ0) is 24.5. The van der Waals surface area contributed by atoms with Crippen molar-refractivity contribution >= 4 is 23.7 Å². The van der Waals surface area contributed by atoms with Crippen molar-refractivity contribution in [2.24, 2.45) is 5.92 Å². The van der Waals surface area contributed by atoms with Gasteiger partial charge in [-0.15, -0.1) is 0 Å². The maximum absolute atomic E-state index is 13.8. The number of methoxy groups -OCH3 is 1. The number of carbonyl (C=O) groups excluding carboxylic acids is 3. The Morgan fingerprint density at radius 1 is 1.15 bits per heavy atom. The molecule has 0 unspecified atom stereocenters. The monoisotopic (exact) mass is 467 g/mol. The van der Waals surface area contributed by atoms with Crippen molar-refractivity contribution in [1.82, 2.24) is 10.2 Å². The number of hydrogen-bond donors (Lipinski definition) is 3. The number of esters is 1. The Labute approximate surface area is 198 Å². The molecular weight excluding hydrogens is 438 g/mol. The van der Waals surface area contributed by atoms with Crippen LogP contribution in [0.15, 0.2) is 54.6 Å². The molecule has 34 heavy (non-hydrogen) atoms. The molecule has 4 atom stereocenters. The normalized spacial score (nSPS) is 23.5. The molecule has 1 fully saturated rings. The molecule has 2 aliphatic heterocycles. The van der Waals surface area contributed by atoms with Gasteiger partial charge in [-0.3, -0.25) is 4.79 Å². The van der Waals surface area contributed by atoms with Crippen LogP contribution in [0.4, 0.5) is 10.5 Å². The van der Waals surface area contributed by atoms with Gasteiger partial charge in [0.25, 0.3) is 0 Å². The number of carbonyl (C=O) groups is 3. The van der Waals surface area contributed by atoms with Gasteiger partial charge in [0.15, 0.2) is 0 Å². The summed E-state index contributed by atoms with van der Waals surface area (Å²) < 4.78 is 10.2. The zero-order valence-electron chi connectivity index (χ0n) is 19.4. The largest absolute Gasteiger partial charge is 0.467 e. The molecule has 2 aromatic carbocycles. The number of anilines is 1. The van der Waals surface area contributed by atoms with Crippen molar-refractivity contribution in [3.63, 3.8) is 0 Å². The van der Waals surface area contributed by atoms with Gasteiger partial charge in [-0.25, -0.2) is 9.59 Å². The molecule has 0 saturated carbocycles. The Hall–Kier alpha value is -3.59. The van der Waals surface area contributed by atoms with Crippen molar-refractivity contribution < 1.29 is 29.0 Å². The van der Waals surface area contributed by atoms with E-state index in [1.807, 2.05) is 36.4 Å². The topological polar surface area (TPSA) is 117 Å². The summed E-state index contributed by atoms with van der Waals surface area (Å²) in [7, 11) is 1.24. The molecule has 1 saturated heterocycles. The average Bonchev–Trinajstić information content (AvgIpc) is 3.29. The molecule has 0 aromatic heterocycles. The van der Waals surface area contributed by atoms with E-state index in [2.05, 4.69) is 10.6 Å². The third-order valence-corrected chi connectivity index (χ3v) is 6.40. The lowest BCUT2D eigenvalue weighted by Gasteiger charge is -2.34. The molecule has 2 aliphatic rings. The highest BCUT2D eigenvalue weighted by Crippen LogP contribution is 2.49. The molecule has 2 amide bonds. The second-order valence-electron chi connectivity index (χ2n) is 8.93. The lowest BCUT2D eigenvalue weighted by atomic mass is 9.91. The fourth-order valence-electron chi connectivity index (χ4n) is 4.67. The summed E-state index contributed by atoms with van der Waals surface area (Å²) in [4.78, 5) is 40.2. The summed E-state index contributed by atoms with van der Waals surface area (Å²) in [5, 5.41) is 17.4. The van der Waals surface area contributed by atoms with Crippen LogP contribution in [0.25, 0.3) is 0 Å². The summed E-state index contributed by atoms with van der Waals surface area (Å²) in [6, 6.07) is 14.4. The first-order chi connectivity index (χ1) is 16.3. The van der Waals surface area contributed by atoms with Crippen molar-refractivity contribution in [3.8, 4) is 0 Å². The van der Waals surface area contributed by atoms with E-state index in [1.54, 1.807) is 32.0 Å². The average molecular weight is 468 g/mol. The highest BCUT2D eigenvalue weighted by atomic mass is 16.5. The summed E-state index contributed by atoms with van der Waals surface area (Å²) in [5.74, 6) is -1.46. The number of likely N-dealkylation sites (tertiary alicyclic amines) is 1.